The summed E-state index contributed by atoms with van der Waals surface area (Å²) in [6, 6.07) is 1.95. The van der Waals surface area contributed by atoms with Gasteiger partial charge in [-0.25, -0.2) is 0 Å². The molecule has 11 heteroatoms. The van der Waals surface area contributed by atoms with Crippen molar-refractivity contribution >= 4 is 17.6 Å². The van der Waals surface area contributed by atoms with Crippen LogP contribution in [0.25, 0.3) is 0 Å². The Morgan fingerprint density at radius 3 is 2.69 bits per heavy atom. The number of hydrogen-bond donors (Lipinski definition) is 3. The van der Waals surface area contributed by atoms with Gasteiger partial charge in [-0.3, -0.25) is 20.5 Å². The number of aliphatic hydroxyl groups is 1. The quantitative estimate of drug-likeness (QED) is 0.423. The Morgan fingerprint density at radius 1 is 1.42 bits per heavy atom. The van der Waals surface area contributed by atoms with Gasteiger partial charge in [-0.1, -0.05) is 0 Å². The molecule has 3 N–H and O–H groups in total. The van der Waals surface area contributed by atoms with E-state index in [1.54, 1.807) is 0 Å². The van der Waals surface area contributed by atoms with Gasteiger partial charge >= 0.3 is 6.18 Å². The van der Waals surface area contributed by atoms with Crippen LogP contribution in [0.3, 0.4) is 0 Å². The summed E-state index contributed by atoms with van der Waals surface area (Å²) < 4.78 is 38.0. The second-order valence-electron chi connectivity index (χ2n) is 5.15. The molecule has 1 heterocycles. The van der Waals surface area contributed by atoms with E-state index in [4.69, 9.17) is 0 Å². The van der Waals surface area contributed by atoms with Crippen LogP contribution < -0.4 is 5.43 Å². The minimum atomic E-state index is -4.72. The molecule has 0 bridgehead atoms. The first kappa shape index (κ1) is 19.1. The Labute approximate surface area is 144 Å². The van der Waals surface area contributed by atoms with Crippen molar-refractivity contribution in [1.82, 2.24) is 4.98 Å². The van der Waals surface area contributed by atoms with Crippen LogP contribution in [0.1, 0.15) is 22.4 Å². The molecule has 0 aliphatic rings. The molecule has 0 unspecified atom stereocenters. The second-order valence-corrected chi connectivity index (χ2v) is 5.15. The molecule has 2 aromatic rings. The number of rotatable bonds is 5. The van der Waals surface area contributed by atoms with Crippen molar-refractivity contribution in [2.75, 3.05) is 5.43 Å². The highest BCUT2D eigenvalue weighted by molar-refractivity contribution is 5.86. The summed E-state index contributed by atoms with van der Waals surface area (Å²) in [5, 5.41) is 33.9. The number of aryl methyl sites for hydroxylation is 1. The fraction of sp³-hybridized carbons (Fsp3) is 0.200. The average molecular weight is 370 g/mol. The largest absolute Gasteiger partial charge is 0.505 e. The summed E-state index contributed by atoms with van der Waals surface area (Å²) in [4.78, 5) is 13.9. The first-order chi connectivity index (χ1) is 12.1. The van der Waals surface area contributed by atoms with Gasteiger partial charge in [0.05, 0.1) is 29.0 Å². The van der Waals surface area contributed by atoms with Crippen LogP contribution in [0, 0.1) is 17.0 Å². The van der Waals surface area contributed by atoms with Gasteiger partial charge < -0.3 is 10.2 Å². The molecule has 0 saturated heterocycles. The standard InChI is InChI=1S/C15H13F3N4O4/c1-8-14(24)11(9(7-23)5-19-8)6-20-21-12-3-2-10(15(16,17)18)4-13(12)22(25)26/h2-6,21,23-24H,7H2,1H3/b20-6+. The van der Waals surface area contributed by atoms with E-state index in [-0.39, 0.29) is 28.3 Å². The van der Waals surface area contributed by atoms with E-state index in [0.29, 0.717) is 12.1 Å². The lowest BCUT2D eigenvalue weighted by molar-refractivity contribution is -0.384. The fourth-order valence-electron chi connectivity index (χ4n) is 2.04. The molecule has 0 aliphatic carbocycles. The zero-order valence-electron chi connectivity index (χ0n) is 13.3. The highest BCUT2D eigenvalue weighted by Gasteiger charge is 2.33. The first-order valence-electron chi connectivity index (χ1n) is 7.08. The third-order valence-electron chi connectivity index (χ3n) is 3.43. The van der Waals surface area contributed by atoms with Gasteiger partial charge in [0.15, 0.2) is 0 Å². The van der Waals surface area contributed by atoms with Gasteiger partial charge in [-0.2, -0.15) is 18.3 Å². The predicted octanol–water partition coefficient (Wildman–Crippen LogP) is 2.96. The number of alkyl halides is 3. The summed E-state index contributed by atoms with van der Waals surface area (Å²) >= 11 is 0. The first-order valence-corrected chi connectivity index (χ1v) is 7.08. The highest BCUT2D eigenvalue weighted by atomic mass is 19.4. The molecular weight excluding hydrogens is 357 g/mol. The Bertz CT molecular complexity index is 869. The van der Waals surface area contributed by atoms with Crippen LogP contribution in [0.4, 0.5) is 24.5 Å². The Morgan fingerprint density at radius 2 is 2.12 bits per heavy atom. The van der Waals surface area contributed by atoms with Crippen LogP contribution in [0.15, 0.2) is 29.5 Å². The maximum absolute atomic E-state index is 12.7. The minimum absolute atomic E-state index is 0.127. The summed E-state index contributed by atoms with van der Waals surface area (Å²) in [5.74, 6) is -0.246. The highest BCUT2D eigenvalue weighted by Crippen LogP contribution is 2.35. The molecule has 0 aliphatic heterocycles. The number of anilines is 1. The number of pyridine rings is 1. The van der Waals surface area contributed by atoms with Gasteiger partial charge in [0, 0.05) is 23.4 Å². The van der Waals surface area contributed by atoms with Crippen molar-refractivity contribution in [3.8, 4) is 5.75 Å². The third-order valence-corrected chi connectivity index (χ3v) is 3.43. The molecule has 0 fully saturated rings. The van der Waals surface area contributed by atoms with Crippen molar-refractivity contribution in [3.63, 3.8) is 0 Å². The van der Waals surface area contributed by atoms with E-state index in [0.717, 1.165) is 12.3 Å². The van der Waals surface area contributed by atoms with Gasteiger partial charge in [-0.05, 0) is 19.1 Å². The minimum Gasteiger partial charge on any atom is -0.505 e. The monoisotopic (exact) mass is 370 g/mol. The molecule has 1 aromatic carbocycles. The molecule has 0 spiro atoms. The number of aliphatic hydroxyl groups excluding tert-OH is 1. The lowest BCUT2D eigenvalue weighted by Crippen LogP contribution is -2.07. The summed E-state index contributed by atoms with van der Waals surface area (Å²) in [5.41, 5.74) is 0.670. The van der Waals surface area contributed by atoms with Gasteiger partial charge in [-0.15, -0.1) is 0 Å². The van der Waals surface area contributed by atoms with Crippen LogP contribution in [-0.4, -0.2) is 26.3 Å². The molecule has 1 aromatic heterocycles. The van der Waals surface area contributed by atoms with E-state index in [1.165, 1.54) is 13.1 Å². The molecule has 0 amide bonds. The maximum atomic E-state index is 12.7. The topological polar surface area (TPSA) is 121 Å². The fourth-order valence-corrected chi connectivity index (χ4v) is 2.04. The smallest absolute Gasteiger partial charge is 0.416 e. The van der Waals surface area contributed by atoms with Crippen LogP contribution >= 0.6 is 0 Å². The summed E-state index contributed by atoms with van der Waals surface area (Å²) in [6.07, 6.45) is -2.32. The van der Waals surface area contributed by atoms with Crippen molar-refractivity contribution < 1.29 is 28.3 Å². The van der Waals surface area contributed by atoms with Crippen LogP contribution in [0.2, 0.25) is 0 Å². The lowest BCUT2D eigenvalue weighted by atomic mass is 10.1. The molecule has 0 radical (unpaired) electrons. The SMILES string of the molecule is Cc1ncc(CO)c(/C=N/Nc2ccc(C(F)(F)F)cc2[N+](=O)[O-])c1O. The number of nitrogens with one attached hydrogen (secondary N) is 1. The number of halogens is 3. The van der Waals surface area contributed by atoms with Crippen molar-refractivity contribution in [2.24, 2.45) is 5.10 Å². The van der Waals surface area contributed by atoms with Crippen molar-refractivity contribution in [3.05, 3.63) is 56.9 Å². The van der Waals surface area contributed by atoms with Gasteiger partial charge in [0.2, 0.25) is 0 Å². The van der Waals surface area contributed by atoms with E-state index in [1.807, 2.05) is 0 Å². The normalized spacial score (nSPS) is 11.7. The number of aromatic nitrogens is 1. The van der Waals surface area contributed by atoms with Crippen LogP contribution in [0.5, 0.6) is 5.75 Å². The number of hydrazone groups is 1. The molecule has 0 saturated carbocycles. The van der Waals surface area contributed by atoms with E-state index < -0.39 is 29.0 Å². The van der Waals surface area contributed by atoms with Gasteiger partial charge in [0.25, 0.3) is 5.69 Å². The molecular formula is C15H13F3N4O4. The zero-order valence-corrected chi connectivity index (χ0v) is 13.3. The number of nitro benzene ring substituents is 1. The number of nitro groups is 1. The number of nitrogens with zero attached hydrogens (tertiary/aromatic N) is 3. The van der Waals surface area contributed by atoms with E-state index in [2.05, 4.69) is 15.5 Å². The van der Waals surface area contributed by atoms with Crippen molar-refractivity contribution in [2.45, 2.75) is 19.7 Å². The zero-order chi connectivity index (χ0) is 19.5. The summed E-state index contributed by atoms with van der Waals surface area (Å²) in [7, 11) is 0. The number of aromatic hydroxyl groups is 1. The number of benzene rings is 1. The Hall–Kier alpha value is -3.21. The molecule has 138 valence electrons. The molecule has 0 atom stereocenters. The predicted molar refractivity (Wildman–Crippen MR) is 85.9 cm³/mol. The van der Waals surface area contributed by atoms with Gasteiger partial charge in [0.1, 0.15) is 11.4 Å². The maximum Gasteiger partial charge on any atom is 0.416 e. The van der Waals surface area contributed by atoms with E-state index >= 15 is 0 Å². The summed E-state index contributed by atoms with van der Waals surface area (Å²) in [6.45, 7) is 1.07. The number of hydrogen-bond acceptors (Lipinski definition) is 7. The Kier molecular flexibility index (Phi) is 5.41. The average Bonchev–Trinajstić information content (AvgIpc) is 2.57. The van der Waals surface area contributed by atoms with Crippen LogP contribution in [-0.2, 0) is 12.8 Å². The third kappa shape index (κ3) is 4.06. The Balaban J connectivity index is 2.34. The van der Waals surface area contributed by atoms with Crippen molar-refractivity contribution in [1.29, 1.82) is 0 Å². The second kappa shape index (κ2) is 7.35. The lowest BCUT2D eigenvalue weighted by Gasteiger charge is -2.09. The molecule has 26 heavy (non-hydrogen) atoms. The molecule has 2 rings (SSSR count). The molecule has 8 nitrogen and oxygen atoms in total. The van der Waals surface area contributed by atoms with E-state index in [9.17, 15) is 33.5 Å².